The van der Waals surface area contributed by atoms with Crippen LogP contribution in [-0.4, -0.2) is 26.6 Å². The van der Waals surface area contributed by atoms with Gasteiger partial charge in [0.05, 0.1) is 12.7 Å². The highest BCUT2D eigenvalue weighted by atomic mass is 32.2. The van der Waals surface area contributed by atoms with E-state index in [1.54, 1.807) is 18.3 Å². The Morgan fingerprint density at radius 1 is 1.21 bits per heavy atom. The molecule has 0 aliphatic heterocycles. The molecule has 0 aliphatic rings. The fraction of sp³-hybridized carbons (Fsp3) is 0.188. The van der Waals surface area contributed by atoms with E-state index in [0.29, 0.717) is 11.8 Å². The van der Waals surface area contributed by atoms with Gasteiger partial charge in [0, 0.05) is 11.8 Å². The summed E-state index contributed by atoms with van der Waals surface area (Å²) >= 11 is 0. The van der Waals surface area contributed by atoms with Crippen molar-refractivity contribution in [2.24, 2.45) is 0 Å². The number of aryl methyl sites for hydroxylation is 1. The normalized spacial score (nSPS) is 10.8. The van der Waals surface area contributed by atoms with Crippen molar-refractivity contribution in [1.82, 2.24) is 9.71 Å². The number of hydrogen-bond acceptors (Lipinski definition) is 4. The summed E-state index contributed by atoms with van der Waals surface area (Å²) in [4.78, 5) is 3.42. The minimum absolute atomic E-state index is 0.0530. The first kappa shape index (κ1) is 17.8. The summed E-state index contributed by atoms with van der Waals surface area (Å²) in [6.45, 7) is 1.67. The maximum Gasteiger partial charge on any atom is 0.244 e. The smallest absolute Gasteiger partial charge is 0.244 e. The molecule has 8 heteroatoms. The predicted molar refractivity (Wildman–Crippen MR) is 83.8 cm³/mol. The maximum absolute atomic E-state index is 13.5. The van der Waals surface area contributed by atoms with Crippen molar-refractivity contribution in [3.8, 4) is 17.6 Å². The molecule has 1 heterocycles. The van der Waals surface area contributed by atoms with Crippen molar-refractivity contribution < 1.29 is 21.9 Å². The summed E-state index contributed by atoms with van der Waals surface area (Å²) < 4.78 is 57.4. The van der Waals surface area contributed by atoms with Gasteiger partial charge in [-0.05, 0) is 31.2 Å². The molecule has 2 aromatic rings. The lowest BCUT2D eigenvalue weighted by atomic mass is 10.3. The van der Waals surface area contributed by atoms with Crippen LogP contribution in [0.1, 0.15) is 5.69 Å². The highest BCUT2D eigenvalue weighted by molar-refractivity contribution is 7.89. The molecule has 0 radical (unpaired) electrons. The monoisotopic (exact) mass is 352 g/mol. The van der Waals surface area contributed by atoms with Crippen molar-refractivity contribution in [2.75, 3.05) is 13.2 Å². The van der Waals surface area contributed by atoms with Crippen molar-refractivity contribution in [3.63, 3.8) is 0 Å². The van der Waals surface area contributed by atoms with E-state index in [2.05, 4.69) is 21.5 Å². The number of nitrogens with zero attached hydrogens (tertiary/aromatic N) is 1. The van der Waals surface area contributed by atoms with E-state index in [9.17, 15) is 17.2 Å². The van der Waals surface area contributed by atoms with Crippen LogP contribution in [0.15, 0.2) is 41.4 Å². The van der Waals surface area contributed by atoms with Crippen LogP contribution in [0.2, 0.25) is 0 Å². The molecule has 0 atom stereocenters. The van der Waals surface area contributed by atoms with Gasteiger partial charge >= 0.3 is 0 Å². The van der Waals surface area contributed by atoms with E-state index >= 15 is 0 Å². The van der Waals surface area contributed by atoms with Crippen molar-refractivity contribution >= 4 is 10.0 Å². The molecular formula is C16H14F2N2O3S. The number of sulfonamides is 1. The number of hydrogen-bond donors (Lipinski definition) is 1. The van der Waals surface area contributed by atoms with Crippen molar-refractivity contribution in [1.29, 1.82) is 0 Å². The SMILES string of the molecule is Cc1ccc(OCC#CCNS(=O)(=O)c2ccc(F)cc2F)cn1. The fourth-order valence-electron chi connectivity index (χ4n) is 1.67. The summed E-state index contributed by atoms with van der Waals surface area (Å²) in [5.74, 6) is 3.69. The van der Waals surface area contributed by atoms with Crippen molar-refractivity contribution in [3.05, 3.63) is 53.9 Å². The molecule has 0 aliphatic carbocycles. The largest absolute Gasteiger partial charge is 0.479 e. The molecule has 0 spiro atoms. The summed E-state index contributed by atoms with van der Waals surface area (Å²) in [7, 11) is -4.10. The van der Waals surface area contributed by atoms with Gasteiger partial charge in [0.25, 0.3) is 0 Å². The molecule has 126 valence electrons. The summed E-state index contributed by atoms with van der Waals surface area (Å²) in [5.41, 5.74) is 0.857. The molecular weight excluding hydrogens is 338 g/mol. The number of nitrogens with one attached hydrogen (secondary N) is 1. The van der Waals surface area contributed by atoms with E-state index in [1.165, 1.54) is 0 Å². The van der Waals surface area contributed by atoms with E-state index < -0.39 is 26.6 Å². The van der Waals surface area contributed by atoms with Crippen LogP contribution in [0.4, 0.5) is 8.78 Å². The Kier molecular flexibility index (Phi) is 5.84. The molecule has 5 nitrogen and oxygen atoms in total. The average molecular weight is 352 g/mol. The van der Waals surface area contributed by atoms with Crippen LogP contribution in [0.3, 0.4) is 0 Å². The number of benzene rings is 1. The number of aromatic nitrogens is 1. The third kappa shape index (κ3) is 5.01. The third-order valence-corrected chi connectivity index (χ3v) is 4.29. The summed E-state index contributed by atoms with van der Waals surface area (Å²) in [6.07, 6.45) is 1.55. The highest BCUT2D eigenvalue weighted by Gasteiger charge is 2.18. The number of pyridine rings is 1. The van der Waals surface area contributed by atoms with E-state index in [-0.39, 0.29) is 13.2 Å². The molecule has 0 fully saturated rings. The first-order chi connectivity index (χ1) is 11.4. The first-order valence-electron chi connectivity index (χ1n) is 6.84. The molecule has 0 saturated carbocycles. The van der Waals surface area contributed by atoms with Crippen LogP contribution in [0.25, 0.3) is 0 Å². The Labute approximate surface area is 138 Å². The average Bonchev–Trinajstić information content (AvgIpc) is 2.52. The molecule has 2 rings (SSSR count). The van der Waals surface area contributed by atoms with Crippen LogP contribution in [0, 0.1) is 30.4 Å². The second-order valence-electron chi connectivity index (χ2n) is 4.68. The Hall–Kier alpha value is -2.50. The molecule has 24 heavy (non-hydrogen) atoms. The molecule has 0 saturated heterocycles. The van der Waals surface area contributed by atoms with E-state index in [4.69, 9.17) is 4.74 Å². The Morgan fingerprint density at radius 3 is 2.67 bits per heavy atom. The van der Waals surface area contributed by atoms with Crippen LogP contribution >= 0.6 is 0 Å². The zero-order chi connectivity index (χ0) is 17.6. The molecule has 1 aromatic carbocycles. The van der Waals surface area contributed by atoms with Gasteiger partial charge in [0.2, 0.25) is 10.0 Å². The number of ether oxygens (including phenoxy) is 1. The highest BCUT2D eigenvalue weighted by Crippen LogP contribution is 2.14. The second-order valence-corrected chi connectivity index (χ2v) is 6.41. The lowest BCUT2D eigenvalue weighted by molar-refractivity contribution is 0.368. The first-order valence-corrected chi connectivity index (χ1v) is 8.33. The van der Waals surface area contributed by atoms with Crippen LogP contribution in [-0.2, 0) is 10.0 Å². The lowest BCUT2D eigenvalue weighted by Crippen LogP contribution is -2.25. The fourth-order valence-corrected chi connectivity index (χ4v) is 2.66. The summed E-state index contributed by atoms with van der Waals surface area (Å²) in [5, 5.41) is 0. The Balaban J connectivity index is 1.86. The minimum Gasteiger partial charge on any atom is -0.479 e. The van der Waals surface area contributed by atoms with Crippen LogP contribution < -0.4 is 9.46 Å². The van der Waals surface area contributed by atoms with Gasteiger partial charge in [0.15, 0.2) is 0 Å². The zero-order valence-electron chi connectivity index (χ0n) is 12.7. The molecule has 0 bridgehead atoms. The van der Waals surface area contributed by atoms with Gasteiger partial charge in [-0.15, -0.1) is 0 Å². The van der Waals surface area contributed by atoms with Gasteiger partial charge in [-0.25, -0.2) is 17.2 Å². The van der Waals surface area contributed by atoms with Gasteiger partial charge < -0.3 is 4.74 Å². The summed E-state index contributed by atoms with van der Waals surface area (Å²) in [6, 6.07) is 5.75. The van der Waals surface area contributed by atoms with Gasteiger partial charge in [-0.1, -0.05) is 11.8 Å². The minimum atomic E-state index is -4.10. The molecule has 0 amide bonds. The standard InChI is InChI=1S/C16H14F2N2O3S/c1-12-4-6-14(11-19-12)23-9-3-2-8-20-24(21,22)16-7-5-13(17)10-15(16)18/h4-7,10-11,20H,8-9H2,1H3. The maximum atomic E-state index is 13.5. The van der Waals surface area contributed by atoms with Crippen molar-refractivity contribution in [2.45, 2.75) is 11.8 Å². The molecule has 0 unspecified atom stereocenters. The molecule has 1 aromatic heterocycles. The van der Waals surface area contributed by atoms with Gasteiger partial charge in [-0.2, -0.15) is 4.72 Å². The lowest BCUT2D eigenvalue weighted by Gasteiger charge is -2.05. The third-order valence-electron chi connectivity index (χ3n) is 2.85. The van der Waals surface area contributed by atoms with Crippen LogP contribution in [0.5, 0.6) is 5.75 Å². The van der Waals surface area contributed by atoms with E-state index in [0.717, 1.165) is 17.8 Å². The zero-order valence-corrected chi connectivity index (χ0v) is 13.5. The predicted octanol–water partition coefficient (Wildman–Crippen LogP) is 2.03. The Bertz CT molecular complexity index is 872. The number of halogens is 2. The van der Waals surface area contributed by atoms with Gasteiger partial charge in [-0.3, -0.25) is 4.98 Å². The topological polar surface area (TPSA) is 68.3 Å². The van der Waals surface area contributed by atoms with Gasteiger partial charge in [0.1, 0.15) is 28.9 Å². The molecule has 1 N–H and O–H groups in total. The Morgan fingerprint density at radius 2 is 2.00 bits per heavy atom. The second kappa shape index (κ2) is 7.86. The quantitative estimate of drug-likeness (QED) is 0.836. The van der Waals surface area contributed by atoms with E-state index in [1.807, 2.05) is 6.92 Å². The number of rotatable bonds is 5.